The van der Waals surface area contributed by atoms with Crippen LogP contribution in [-0.4, -0.2) is 291 Å². The number of ketones is 1. The van der Waals surface area contributed by atoms with Crippen LogP contribution in [-0.2, 0) is 129 Å². The van der Waals surface area contributed by atoms with Gasteiger partial charge in [0.2, 0.25) is 5.91 Å². The van der Waals surface area contributed by atoms with E-state index >= 15 is 0 Å². The number of alkyl carbamates (subject to hydrolysis) is 1. The summed E-state index contributed by atoms with van der Waals surface area (Å²) in [4.78, 5) is 68.1. The molecule has 3 N–H and O–H groups in total. The van der Waals surface area contributed by atoms with E-state index < -0.39 is 82.4 Å². The Morgan fingerprint density at radius 1 is 0.704 bits per heavy atom. The molecule has 6 unspecified atom stereocenters. The molecule has 10 saturated heterocycles. The van der Waals surface area contributed by atoms with Crippen LogP contribution in [0.3, 0.4) is 0 Å². The molecular weight excluding hydrogens is 1520 g/mol. The molecule has 13 heterocycles. The fraction of sp³-hybridized carbons (Fsp3) is 0.688. The number of anilines is 1. The number of carbonyl (C=O) groups is 5. The third-order valence-electron chi connectivity index (χ3n) is 22.8. The minimum atomic E-state index is -4.28. The van der Waals surface area contributed by atoms with E-state index in [1.54, 1.807) is 42.3 Å². The summed E-state index contributed by atoms with van der Waals surface area (Å²) in [6, 6.07) is 11.0. The average molecular weight is 1630 g/mol. The highest BCUT2D eigenvalue weighted by Gasteiger charge is 2.69. The van der Waals surface area contributed by atoms with Crippen molar-refractivity contribution in [2.75, 3.05) is 123 Å². The number of rotatable bonds is 39. The summed E-state index contributed by atoms with van der Waals surface area (Å²) in [6.45, 7) is 15.3. The molecule has 1 aromatic carbocycles. The number of hydrogen-bond acceptors (Lipinski definition) is 29. The zero-order valence-electron chi connectivity index (χ0n) is 65.4. The summed E-state index contributed by atoms with van der Waals surface area (Å²) in [5, 5.41) is 34.3. The van der Waals surface area contributed by atoms with Crippen LogP contribution in [0.15, 0.2) is 90.3 Å². The van der Waals surface area contributed by atoms with Crippen molar-refractivity contribution < 1.29 is 118 Å². The standard InChI is InChI=1S/C80H109N9O25S/c1-50-37-59-10-12-63-51(2)38-61(107-63)17-19-80-43-68-75(113-80)76-77(112-68)78(114-80)74-64(111-76)13-11-60(109-74)39-57(90)40-62-66(42-65(108-59)52(50)3)110-67(73(62)98-4)41-58(91)46-84-79(95)106-48-53-5-8-56(9-6-53)89(115(96,97)70-14-7-54(44-81)45-83-70)23-26-101-29-32-103-31-28-100-25-22-87-47-55(85-86-87)49-105-36-35-104-34-33-102-30-27-99-24-20-82-69(92)18-21-88-71(93)15-16-72(88)94/h5-9,14-16,45,47,50,58-68,73-78,91H,2-3,10-13,17-43,46,48-49H2,1,4H3,(H,82,92)(H,84,95)/t50-,58+,59+,60?,61+,62+,63?,64+,65?,66+,67?,68?,73-,74+,75-,76?,77-,78+,80+/m1/s1. The second-order valence-electron chi connectivity index (χ2n) is 30.8. The number of imide groups is 1. The lowest BCUT2D eigenvalue weighted by atomic mass is 9.81. The van der Waals surface area contributed by atoms with Gasteiger partial charge in [-0.25, -0.2) is 14.5 Å². The molecule has 35 heteroatoms. The van der Waals surface area contributed by atoms with E-state index in [4.69, 9.17) is 80.5 Å². The van der Waals surface area contributed by atoms with E-state index in [0.29, 0.717) is 103 Å². The number of aromatic nitrogens is 4. The number of aliphatic hydroxyl groups excluding tert-OH is 1. The largest absolute Gasteiger partial charge is 0.445 e. The fourth-order valence-corrected chi connectivity index (χ4v) is 18.3. The average Bonchev–Trinajstić information content (AvgIpc) is 1.55. The minimum Gasteiger partial charge on any atom is -0.445 e. The molecular formula is C80H109N9O25S. The van der Waals surface area contributed by atoms with Gasteiger partial charge in [0.1, 0.15) is 54.7 Å². The number of carbonyl (C=O) groups excluding carboxylic acids is 5. The summed E-state index contributed by atoms with van der Waals surface area (Å²) < 4.78 is 137. The van der Waals surface area contributed by atoms with Crippen LogP contribution >= 0.6 is 0 Å². The molecule has 115 heavy (non-hydrogen) atoms. The molecule has 3 aromatic rings. The van der Waals surface area contributed by atoms with E-state index in [-0.39, 0.29) is 187 Å². The topological polar surface area (TPSA) is 395 Å². The van der Waals surface area contributed by atoms with Gasteiger partial charge >= 0.3 is 6.09 Å². The number of sulfonamides is 1. The first-order chi connectivity index (χ1) is 55.8. The molecule has 2 aromatic heterocycles. The lowest BCUT2D eigenvalue weighted by Gasteiger charge is -2.47. The van der Waals surface area contributed by atoms with Crippen molar-refractivity contribution in [3.63, 3.8) is 0 Å². The van der Waals surface area contributed by atoms with Gasteiger partial charge in [0.15, 0.2) is 10.8 Å². The van der Waals surface area contributed by atoms with Gasteiger partial charge in [-0.1, -0.05) is 37.4 Å². The minimum absolute atomic E-state index is 0.00832. The number of nitriles is 1. The smallest absolute Gasteiger partial charge is 0.407 e. The lowest BCUT2D eigenvalue weighted by Crippen LogP contribution is -2.61. The molecule has 19 atom stereocenters. The Morgan fingerprint density at radius 2 is 1.38 bits per heavy atom. The van der Waals surface area contributed by atoms with E-state index in [1.165, 1.54) is 30.5 Å². The highest BCUT2D eigenvalue weighted by molar-refractivity contribution is 7.92. The number of nitrogens with zero attached hydrogens (tertiary/aromatic N) is 7. The van der Waals surface area contributed by atoms with Gasteiger partial charge in [-0.3, -0.25) is 28.4 Å². The summed E-state index contributed by atoms with van der Waals surface area (Å²) in [5.41, 5.74) is 3.67. The highest BCUT2D eigenvalue weighted by Crippen LogP contribution is 2.55. The summed E-state index contributed by atoms with van der Waals surface area (Å²) in [5.74, 6) is -2.27. The van der Waals surface area contributed by atoms with Crippen molar-refractivity contribution in [3.05, 3.63) is 102 Å². The molecule has 11 aliphatic heterocycles. The molecule has 4 amide bonds. The maximum Gasteiger partial charge on any atom is 0.407 e. The highest BCUT2D eigenvalue weighted by atomic mass is 32.2. The second kappa shape index (κ2) is 41.0. The van der Waals surface area contributed by atoms with Gasteiger partial charge in [0, 0.05) is 96.0 Å². The van der Waals surface area contributed by atoms with Gasteiger partial charge in [-0.2, -0.15) is 13.7 Å². The first-order valence-corrected chi connectivity index (χ1v) is 41.7. The van der Waals surface area contributed by atoms with Gasteiger partial charge < -0.3 is 96.3 Å². The van der Waals surface area contributed by atoms with Crippen LogP contribution in [0.2, 0.25) is 0 Å². The number of hydrogen-bond donors (Lipinski definition) is 3. The maximum atomic E-state index is 14.6. The van der Waals surface area contributed by atoms with Crippen molar-refractivity contribution >= 4 is 45.3 Å². The van der Waals surface area contributed by atoms with Crippen LogP contribution in [0.25, 0.3) is 0 Å². The molecule has 34 nitrogen and oxygen atoms in total. The van der Waals surface area contributed by atoms with Crippen LogP contribution < -0.4 is 14.9 Å². The summed E-state index contributed by atoms with van der Waals surface area (Å²) in [7, 11) is -2.70. The number of pyridine rings is 1. The summed E-state index contributed by atoms with van der Waals surface area (Å²) >= 11 is 0. The Labute approximate surface area is 669 Å². The Bertz CT molecular complexity index is 3950. The third kappa shape index (κ3) is 22.6. The Kier molecular flexibility index (Phi) is 30.6. The van der Waals surface area contributed by atoms with E-state index in [1.807, 2.05) is 6.07 Å². The van der Waals surface area contributed by atoms with E-state index in [2.05, 4.69) is 46.0 Å². The molecule has 630 valence electrons. The maximum absolute atomic E-state index is 14.6. The zero-order chi connectivity index (χ0) is 80.4. The number of fused-ring (bicyclic) bond motifs is 6. The first-order valence-electron chi connectivity index (χ1n) is 40.3. The number of benzene rings is 1. The second-order valence-corrected chi connectivity index (χ2v) is 32.7. The molecule has 10 fully saturated rings. The lowest BCUT2D eigenvalue weighted by molar-refractivity contribution is -0.292. The normalized spacial score (nSPS) is 30.6. The number of amides is 4. The molecule has 0 saturated carbocycles. The van der Waals surface area contributed by atoms with Crippen molar-refractivity contribution in [3.8, 4) is 6.07 Å². The van der Waals surface area contributed by atoms with Gasteiger partial charge in [0.05, 0.1) is 190 Å². The van der Waals surface area contributed by atoms with Crippen molar-refractivity contribution in [1.29, 1.82) is 5.26 Å². The Hall–Kier alpha value is -7.16. The zero-order valence-corrected chi connectivity index (χ0v) is 66.2. The van der Waals surface area contributed by atoms with Crippen LogP contribution in [0, 0.1) is 23.2 Å². The third-order valence-corrected chi connectivity index (χ3v) is 24.6. The van der Waals surface area contributed by atoms with E-state index in [0.717, 1.165) is 52.5 Å². The Balaban J connectivity index is 0.513. The number of methoxy groups -OCH3 is 1. The molecule has 0 aliphatic carbocycles. The monoisotopic (exact) mass is 1630 g/mol. The SMILES string of the molecule is C=C1C[C@@H]2CC[C@@]34CC5O[C@@H]6C(O[C@H]7CCC(CC(=O)C[C@H]8[C@H](CC9O[C@@H](CCC1O2)C[C@@H](C)C9=C)OC(C[C@H](O)CNC(=O)OCc1ccc(N(CCOCCOCCOCCn2cc(COCCOCCOCCOCCNC(=O)CCN9C(=O)C=CC9=O)nn2)S(=O)(=O)c2ccc(C#N)cn2)cc1)[C@@H]8OC)O[C@@H]7[C@@H]6O3)[C@@H]5O4. The van der Waals surface area contributed by atoms with Gasteiger partial charge in [-0.15, -0.1) is 5.10 Å². The Morgan fingerprint density at radius 3 is 2.11 bits per heavy atom. The number of aliphatic hydroxyl groups is 1. The first kappa shape index (κ1) is 85.7. The van der Waals surface area contributed by atoms with Crippen LogP contribution in [0.5, 0.6) is 0 Å². The number of Topliss-reactive ketones (excluding diaryl/α,β-unsaturated/α-hetero) is 1. The number of nitrogens with one attached hydrogen (secondary N) is 2. The molecule has 0 radical (unpaired) electrons. The predicted octanol–water partition coefficient (Wildman–Crippen LogP) is 4.21. The fourth-order valence-electron chi connectivity index (χ4n) is 16.9. The van der Waals surface area contributed by atoms with Crippen molar-refractivity contribution in [2.45, 2.75) is 225 Å². The molecule has 12 bridgehead atoms. The van der Waals surface area contributed by atoms with Gasteiger partial charge in [0.25, 0.3) is 21.8 Å². The molecule has 1 spiro atoms. The van der Waals surface area contributed by atoms with Crippen molar-refractivity contribution in [1.82, 2.24) is 35.5 Å². The number of ether oxygens (including phenoxy) is 17. The quantitative estimate of drug-likeness (QED) is 0.0409. The molecule has 14 rings (SSSR count). The van der Waals surface area contributed by atoms with E-state index in [9.17, 15) is 42.8 Å². The van der Waals surface area contributed by atoms with Crippen molar-refractivity contribution in [2.24, 2.45) is 11.8 Å². The summed E-state index contributed by atoms with van der Waals surface area (Å²) in [6.07, 6.45) is 5.63. The van der Waals surface area contributed by atoms with Gasteiger partial charge in [-0.05, 0) is 91.8 Å². The van der Waals surface area contributed by atoms with Crippen LogP contribution in [0.4, 0.5) is 10.5 Å². The van der Waals surface area contributed by atoms with Crippen LogP contribution in [0.1, 0.15) is 114 Å². The predicted molar refractivity (Wildman–Crippen MR) is 403 cm³/mol. The molecule has 11 aliphatic rings.